The van der Waals surface area contributed by atoms with Crippen LogP contribution < -0.4 is 4.74 Å². The van der Waals surface area contributed by atoms with E-state index >= 15 is 0 Å². The van der Waals surface area contributed by atoms with Gasteiger partial charge in [0, 0.05) is 0 Å². The molecule has 6 nitrogen and oxygen atoms in total. The lowest BCUT2D eigenvalue weighted by Crippen LogP contribution is -2.29. The quantitative estimate of drug-likeness (QED) is 0.379. The van der Waals surface area contributed by atoms with E-state index in [4.69, 9.17) is 14.2 Å². The molecule has 0 N–H and O–H groups in total. The van der Waals surface area contributed by atoms with Gasteiger partial charge >= 0.3 is 17.9 Å². The number of ether oxygens (including phenoxy) is 3. The largest absolute Gasteiger partial charge is 0.458 e. The minimum absolute atomic E-state index is 0.0210. The number of hydrogen-bond donors (Lipinski definition) is 0. The molecule has 1 rings (SSSR count). The fourth-order valence-electron chi connectivity index (χ4n) is 1.80. The molecule has 0 fully saturated rings. The first-order valence-electron chi connectivity index (χ1n) is 8.19. The predicted molar refractivity (Wildman–Crippen MR) is 97.1 cm³/mol. The van der Waals surface area contributed by atoms with Gasteiger partial charge in [0.1, 0.15) is 24.5 Å². The van der Waals surface area contributed by atoms with Crippen molar-refractivity contribution in [3.63, 3.8) is 0 Å². The second-order valence-electron chi connectivity index (χ2n) is 6.08. The lowest BCUT2D eigenvalue weighted by atomic mass is 9.90. The summed E-state index contributed by atoms with van der Waals surface area (Å²) in [5.41, 5.74) is -0.967. The van der Waals surface area contributed by atoms with Gasteiger partial charge in [0.25, 0.3) is 0 Å². The summed E-state index contributed by atoms with van der Waals surface area (Å²) in [6, 6.07) is 4.33. The van der Waals surface area contributed by atoms with Crippen LogP contribution in [0.15, 0.2) is 43.5 Å². The van der Waals surface area contributed by atoms with Gasteiger partial charge in [0.15, 0.2) is 0 Å². The van der Waals surface area contributed by atoms with E-state index in [2.05, 4.69) is 13.2 Å². The van der Waals surface area contributed by atoms with Crippen LogP contribution in [0.1, 0.15) is 47.9 Å². The SMILES string of the molecule is C=CCOC(=O)c1cccc(OC(=O)C(C)(C)CC)c1C(=O)OCC=C. The van der Waals surface area contributed by atoms with Gasteiger partial charge in [-0.05, 0) is 32.4 Å². The molecule has 26 heavy (non-hydrogen) atoms. The van der Waals surface area contributed by atoms with E-state index in [0.29, 0.717) is 6.42 Å². The molecular formula is C20H24O6. The Morgan fingerprint density at radius 1 is 1.04 bits per heavy atom. The molecule has 0 radical (unpaired) electrons. The Kier molecular flexibility index (Phi) is 7.77. The van der Waals surface area contributed by atoms with Crippen LogP contribution in [-0.2, 0) is 14.3 Å². The molecule has 140 valence electrons. The molecule has 0 saturated carbocycles. The molecule has 0 unspecified atom stereocenters. The molecular weight excluding hydrogens is 336 g/mol. The van der Waals surface area contributed by atoms with Gasteiger partial charge < -0.3 is 14.2 Å². The van der Waals surface area contributed by atoms with Crippen LogP contribution in [0.25, 0.3) is 0 Å². The van der Waals surface area contributed by atoms with E-state index in [1.54, 1.807) is 13.8 Å². The highest BCUT2D eigenvalue weighted by atomic mass is 16.6. The van der Waals surface area contributed by atoms with Crippen molar-refractivity contribution >= 4 is 17.9 Å². The smallest absolute Gasteiger partial charge is 0.343 e. The van der Waals surface area contributed by atoms with Gasteiger partial charge in [-0.25, -0.2) is 9.59 Å². The molecule has 0 aliphatic heterocycles. The molecule has 0 heterocycles. The minimum Gasteiger partial charge on any atom is -0.458 e. The van der Waals surface area contributed by atoms with E-state index in [1.165, 1.54) is 30.4 Å². The molecule has 0 aliphatic rings. The summed E-state index contributed by atoms with van der Waals surface area (Å²) >= 11 is 0. The third-order valence-corrected chi connectivity index (χ3v) is 3.75. The normalized spacial score (nSPS) is 10.6. The summed E-state index contributed by atoms with van der Waals surface area (Å²) in [5, 5.41) is 0. The van der Waals surface area contributed by atoms with Crippen molar-refractivity contribution in [1.82, 2.24) is 0 Å². The van der Waals surface area contributed by atoms with Gasteiger partial charge in [-0.2, -0.15) is 0 Å². The first-order valence-corrected chi connectivity index (χ1v) is 8.19. The molecule has 0 bridgehead atoms. The van der Waals surface area contributed by atoms with Crippen LogP contribution in [0, 0.1) is 5.41 Å². The fraction of sp³-hybridized carbons (Fsp3) is 0.350. The van der Waals surface area contributed by atoms with E-state index < -0.39 is 23.3 Å². The zero-order valence-electron chi connectivity index (χ0n) is 15.4. The van der Waals surface area contributed by atoms with Crippen molar-refractivity contribution in [1.29, 1.82) is 0 Å². The monoisotopic (exact) mass is 360 g/mol. The highest BCUT2D eigenvalue weighted by Gasteiger charge is 2.31. The molecule has 0 spiro atoms. The summed E-state index contributed by atoms with van der Waals surface area (Å²) in [7, 11) is 0. The van der Waals surface area contributed by atoms with E-state index in [-0.39, 0.29) is 30.1 Å². The van der Waals surface area contributed by atoms with Gasteiger partial charge in [-0.15, -0.1) is 0 Å². The predicted octanol–water partition coefficient (Wildman–Crippen LogP) is 3.71. The summed E-state index contributed by atoms with van der Waals surface area (Å²) in [6.07, 6.45) is 3.34. The van der Waals surface area contributed by atoms with Crippen LogP contribution in [0.4, 0.5) is 0 Å². The Morgan fingerprint density at radius 2 is 1.62 bits per heavy atom. The van der Waals surface area contributed by atoms with Crippen molar-refractivity contribution in [3.05, 3.63) is 54.6 Å². The summed E-state index contributed by atoms with van der Waals surface area (Å²) in [6.45, 7) is 12.2. The fourth-order valence-corrected chi connectivity index (χ4v) is 1.80. The van der Waals surface area contributed by atoms with Crippen LogP contribution >= 0.6 is 0 Å². The summed E-state index contributed by atoms with van der Waals surface area (Å²) < 4.78 is 15.4. The zero-order chi connectivity index (χ0) is 19.7. The summed E-state index contributed by atoms with van der Waals surface area (Å²) in [5.74, 6) is -2.13. The molecule has 1 aromatic carbocycles. The maximum Gasteiger partial charge on any atom is 0.343 e. The Morgan fingerprint density at radius 3 is 2.15 bits per heavy atom. The third-order valence-electron chi connectivity index (χ3n) is 3.75. The van der Waals surface area contributed by atoms with E-state index in [0.717, 1.165) is 0 Å². The van der Waals surface area contributed by atoms with Crippen molar-refractivity contribution in [2.24, 2.45) is 5.41 Å². The maximum atomic E-state index is 12.4. The third kappa shape index (κ3) is 5.31. The Balaban J connectivity index is 3.33. The number of benzene rings is 1. The van der Waals surface area contributed by atoms with Crippen molar-refractivity contribution in [2.75, 3.05) is 13.2 Å². The van der Waals surface area contributed by atoms with Crippen LogP contribution in [-0.4, -0.2) is 31.1 Å². The molecule has 0 amide bonds. The molecule has 0 saturated heterocycles. The second-order valence-corrected chi connectivity index (χ2v) is 6.08. The first-order chi connectivity index (χ1) is 12.3. The second kappa shape index (κ2) is 9.56. The lowest BCUT2D eigenvalue weighted by Gasteiger charge is -2.21. The Labute approximate surface area is 153 Å². The molecule has 0 atom stereocenters. The van der Waals surface area contributed by atoms with Crippen LogP contribution in [0.3, 0.4) is 0 Å². The van der Waals surface area contributed by atoms with Crippen molar-refractivity contribution in [3.8, 4) is 5.75 Å². The standard InChI is InChI=1S/C20H24O6/c1-6-12-24-17(21)14-10-9-11-15(16(14)18(22)25-13-7-2)26-19(23)20(4,5)8-3/h6-7,9-11H,1-2,8,12-13H2,3-5H3. The lowest BCUT2D eigenvalue weighted by molar-refractivity contribution is -0.144. The number of carbonyl (C=O) groups is 3. The van der Waals surface area contributed by atoms with Crippen molar-refractivity contribution in [2.45, 2.75) is 27.2 Å². The number of esters is 3. The molecule has 1 aromatic rings. The highest BCUT2D eigenvalue weighted by molar-refractivity contribution is 6.05. The highest BCUT2D eigenvalue weighted by Crippen LogP contribution is 2.28. The minimum atomic E-state index is -0.812. The van der Waals surface area contributed by atoms with Crippen molar-refractivity contribution < 1.29 is 28.6 Å². The maximum absolute atomic E-state index is 12.4. The number of hydrogen-bond acceptors (Lipinski definition) is 6. The average Bonchev–Trinajstić information content (AvgIpc) is 2.63. The van der Waals surface area contributed by atoms with Crippen LogP contribution in [0.2, 0.25) is 0 Å². The average molecular weight is 360 g/mol. The van der Waals surface area contributed by atoms with Gasteiger partial charge in [-0.1, -0.05) is 38.3 Å². The van der Waals surface area contributed by atoms with Gasteiger partial charge in [0.05, 0.1) is 11.0 Å². The zero-order valence-corrected chi connectivity index (χ0v) is 15.4. The Hall–Kier alpha value is -2.89. The van der Waals surface area contributed by atoms with Crippen LogP contribution in [0.5, 0.6) is 5.75 Å². The number of carbonyl (C=O) groups excluding carboxylic acids is 3. The van der Waals surface area contributed by atoms with Gasteiger partial charge in [-0.3, -0.25) is 4.79 Å². The molecule has 6 heteroatoms. The molecule has 0 aromatic heterocycles. The summed E-state index contributed by atoms with van der Waals surface area (Å²) in [4.78, 5) is 37.1. The molecule has 0 aliphatic carbocycles. The van der Waals surface area contributed by atoms with Gasteiger partial charge in [0.2, 0.25) is 0 Å². The number of rotatable bonds is 9. The first kappa shape index (κ1) is 21.2. The topological polar surface area (TPSA) is 78.9 Å². The van der Waals surface area contributed by atoms with E-state index in [9.17, 15) is 14.4 Å². The van der Waals surface area contributed by atoms with E-state index in [1.807, 2.05) is 6.92 Å². The Bertz CT molecular complexity index is 702.